The number of carboxylic acid groups (broad SMARTS) is 1. The Morgan fingerprint density at radius 3 is 2.38 bits per heavy atom. The lowest BCUT2D eigenvalue weighted by atomic mass is 10.1. The van der Waals surface area contributed by atoms with E-state index in [9.17, 15) is 9.59 Å². The molecule has 76 valence electrons. The Hall–Kier alpha value is -1.10. The van der Waals surface area contributed by atoms with Crippen molar-refractivity contribution in [2.45, 2.75) is 26.4 Å². The van der Waals surface area contributed by atoms with Crippen molar-refractivity contribution in [2.24, 2.45) is 5.92 Å². The minimum Gasteiger partial charge on any atom is -0.479 e. The molecule has 0 saturated carbocycles. The van der Waals surface area contributed by atoms with Gasteiger partial charge in [0.2, 0.25) is 5.91 Å². The predicted molar refractivity (Wildman–Crippen MR) is 46.1 cm³/mol. The Morgan fingerprint density at radius 1 is 1.46 bits per heavy atom. The number of nitrogens with one attached hydrogen (secondary N) is 1. The molecule has 13 heavy (non-hydrogen) atoms. The fourth-order valence-electron chi connectivity index (χ4n) is 0.644. The van der Waals surface area contributed by atoms with Crippen LogP contribution in [0, 0.1) is 5.92 Å². The molecular weight excluding hydrogens is 174 g/mol. The van der Waals surface area contributed by atoms with E-state index in [2.05, 4.69) is 5.32 Å². The minimum absolute atomic E-state index is 0.152. The summed E-state index contributed by atoms with van der Waals surface area (Å²) in [5.74, 6) is -1.71. The fourth-order valence-corrected chi connectivity index (χ4v) is 0.644. The van der Waals surface area contributed by atoms with Crippen LogP contribution < -0.4 is 5.32 Å². The molecule has 0 radical (unpaired) electrons. The molecule has 0 heterocycles. The van der Waals surface area contributed by atoms with Crippen LogP contribution in [0.15, 0.2) is 0 Å². The first kappa shape index (κ1) is 11.9. The lowest BCUT2D eigenvalue weighted by Crippen LogP contribution is -2.38. The Kier molecular flexibility index (Phi) is 5.06. The Morgan fingerprint density at radius 2 is 2.00 bits per heavy atom. The van der Waals surface area contributed by atoms with Crippen LogP contribution in [-0.2, 0) is 9.59 Å². The summed E-state index contributed by atoms with van der Waals surface area (Å²) in [6, 6.07) is 0. The van der Waals surface area contributed by atoms with E-state index in [1.165, 1.54) is 0 Å². The van der Waals surface area contributed by atoms with Gasteiger partial charge >= 0.3 is 5.97 Å². The molecule has 3 N–H and O–H groups in total. The fraction of sp³-hybridized carbons (Fsp3) is 0.750. The quantitative estimate of drug-likeness (QED) is 0.549. The van der Waals surface area contributed by atoms with E-state index in [1.807, 2.05) is 6.92 Å². The van der Waals surface area contributed by atoms with Crippen molar-refractivity contribution in [3.8, 4) is 0 Å². The Bertz CT molecular complexity index is 193. The number of hydrogen-bond acceptors (Lipinski definition) is 3. The zero-order valence-electron chi connectivity index (χ0n) is 7.78. The Balaban J connectivity index is 3.76. The van der Waals surface area contributed by atoms with E-state index in [-0.39, 0.29) is 18.4 Å². The van der Waals surface area contributed by atoms with Crippen molar-refractivity contribution in [2.75, 3.05) is 6.54 Å². The second-order valence-electron chi connectivity index (χ2n) is 2.91. The van der Waals surface area contributed by atoms with Crippen molar-refractivity contribution in [3.05, 3.63) is 0 Å². The van der Waals surface area contributed by atoms with E-state index < -0.39 is 12.1 Å². The molecule has 0 fully saturated rings. The first-order valence-electron chi connectivity index (χ1n) is 4.17. The van der Waals surface area contributed by atoms with Crippen LogP contribution in [0.1, 0.15) is 20.3 Å². The number of rotatable bonds is 5. The second-order valence-corrected chi connectivity index (χ2v) is 2.91. The molecule has 1 unspecified atom stereocenters. The zero-order chi connectivity index (χ0) is 10.4. The molecular formula is C8H15NO4. The maximum absolute atomic E-state index is 11.1. The van der Waals surface area contributed by atoms with Gasteiger partial charge in [-0.25, -0.2) is 4.79 Å². The van der Waals surface area contributed by atoms with Crippen molar-refractivity contribution in [1.82, 2.24) is 5.32 Å². The highest BCUT2D eigenvalue weighted by atomic mass is 16.4. The third kappa shape index (κ3) is 4.47. The molecule has 0 aromatic rings. The average molecular weight is 189 g/mol. The van der Waals surface area contributed by atoms with Gasteiger partial charge in [0.05, 0.1) is 6.54 Å². The molecule has 0 aliphatic carbocycles. The number of aliphatic carboxylic acids is 1. The molecule has 0 aromatic heterocycles. The highest BCUT2D eigenvalue weighted by Crippen LogP contribution is 1.99. The first-order chi connectivity index (χ1) is 5.99. The number of aliphatic hydroxyl groups excluding tert-OH is 1. The summed E-state index contributed by atoms with van der Waals surface area (Å²) in [6.07, 6.45) is -0.831. The Labute approximate surface area is 76.8 Å². The van der Waals surface area contributed by atoms with Crippen molar-refractivity contribution >= 4 is 11.9 Å². The second kappa shape index (κ2) is 5.53. The van der Waals surface area contributed by atoms with Crippen LogP contribution in [0.4, 0.5) is 0 Å². The van der Waals surface area contributed by atoms with Crippen LogP contribution in [0.5, 0.6) is 0 Å². The monoisotopic (exact) mass is 189 g/mol. The standard InChI is InChI=1S/C8H15NO4/c1-3-5(2)7(11)9-4-6(10)8(12)13/h5-6,10H,3-4H2,1-2H3,(H,9,11)(H,12,13)/t5?,6-/m0/s1. The topological polar surface area (TPSA) is 86.6 Å². The molecule has 0 aliphatic heterocycles. The van der Waals surface area contributed by atoms with Gasteiger partial charge in [-0.2, -0.15) is 0 Å². The number of hydrogen-bond donors (Lipinski definition) is 3. The molecule has 5 heteroatoms. The number of carboxylic acids is 1. The molecule has 1 amide bonds. The van der Waals surface area contributed by atoms with E-state index in [0.29, 0.717) is 6.42 Å². The van der Waals surface area contributed by atoms with E-state index in [1.54, 1.807) is 6.92 Å². The summed E-state index contributed by atoms with van der Waals surface area (Å²) >= 11 is 0. The molecule has 0 saturated heterocycles. The van der Waals surface area contributed by atoms with Gasteiger partial charge in [0.15, 0.2) is 6.10 Å². The van der Waals surface area contributed by atoms with Crippen LogP contribution in [-0.4, -0.2) is 34.7 Å². The average Bonchev–Trinajstić information content (AvgIpc) is 2.11. The number of carbonyl (C=O) groups is 2. The maximum atomic E-state index is 11.1. The molecule has 0 aromatic carbocycles. The highest BCUT2D eigenvalue weighted by molar-refractivity contribution is 5.79. The summed E-state index contributed by atoms with van der Waals surface area (Å²) in [5.41, 5.74) is 0. The third-order valence-electron chi connectivity index (χ3n) is 1.81. The number of aliphatic hydroxyl groups is 1. The third-order valence-corrected chi connectivity index (χ3v) is 1.81. The number of carbonyl (C=O) groups excluding carboxylic acids is 1. The van der Waals surface area contributed by atoms with Gasteiger partial charge in [0, 0.05) is 5.92 Å². The molecule has 5 nitrogen and oxygen atoms in total. The smallest absolute Gasteiger partial charge is 0.334 e. The van der Waals surface area contributed by atoms with Gasteiger partial charge in [0.1, 0.15) is 0 Å². The zero-order valence-corrected chi connectivity index (χ0v) is 7.78. The van der Waals surface area contributed by atoms with E-state index in [4.69, 9.17) is 10.2 Å². The predicted octanol–water partition coefficient (Wildman–Crippen LogP) is -0.406. The maximum Gasteiger partial charge on any atom is 0.334 e. The molecule has 0 rings (SSSR count). The highest BCUT2D eigenvalue weighted by Gasteiger charge is 2.16. The SMILES string of the molecule is CCC(C)C(=O)NC[C@H](O)C(=O)O. The summed E-state index contributed by atoms with van der Waals surface area (Å²) in [4.78, 5) is 21.2. The van der Waals surface area contributed by atoms with Gasteiger partial charge in [-0.05, 0) is 6.42 Å². The largest absolute Gasteiger partial charge is 0.479 e. The van der Waals surface area contributed by atoms with Crippen molar-refractivity contribution in [3.63, 3.8) is 0 Å². The van der Waals surface area contributed by atoms with Gasteiger partial charge in [0.25, 0.3) is 0 Å². The van der Waals surface area contributed by atoms with E-state index >= 15 is 0 Å². The minimum atomic E-state index is -1.52. The normalized spacial score (nSPS) is 14.7. The van der Waals surface area contributed by atoms with Crippen LogP contribution >= 0.6 is 0 Å². The van der Waals surface area contributed by atoms with Gasteiger partial charge in [-0.3, -0.25) is 4.79 Å². The summed E-state index contributed by atoms with van der Waals surface area (Å²) in [5, 5.41) is 19.4. The first-order valence-corrected chi connectivity index (χ1v) is 4.17. The summed E-state index contributed by atoms with van der Waals surface area (Å²) in [6.45, 7) is 3.36. The molecule has 0 bridgehead atoms. The molecule has 0 aliphatic rings. The van der Waals surface area contributed by atoms with Gasteiger partial charge in [-0.1, -0.05) is 13.8 Å². The van der Waals surface area contributed by atoms with Crippen LogP contribution in [0.25, 0.3) is 0 Å². The van der Waals surface area contributed by atoms with Gasteiger partial charge in [-0.15, -0.1) is 0 Å². The van der Waals surface area contributed by atoms with Crippen molar-refractivity contribution in [1.29, 1.82) is 0 Å². The van der Waals surface area contributed by atoms with Crippen LogP contribution in [0.3, 0.4) is 0 Å². The van der Waals surface area contributed by atoms with Crippen molar-refractivity contribution < 1.29 is 19.8 Å². The lowest BCUT2D eigenvalue weighted by molar-refractivity contribution is -0.146. The number of amides is 1. The summed E-state index contributed by atoms with van der Waals surface area (Å²) in [7, 11) is 0. The molecule has 0 spiro atoms. The van der Waals surface area contributed by atoms with Crippen LogP contribution in [0.2, 0.25) is 0 Å². The summed E-state index contributed by atoms with van der Waals surface area (Å²) < 4.78 is 0. The molecule has 2 atom stereocenters. The lowest BCUT2D eigenvalue weighted by Gasteiger charge is -2.11. The van der Waals surface area contributed by atoms with Gasteiger partial charge < -0.3 is 15.5 Å². The van der Waals surface area contributed by atoms with E-state index in [0.717, 1.165) is 0 Å².